The normalized spacial score (nSPS) is 12.4. The monoisotopic (exact) mass is 302 g/mol. The predicted molar refractivity (Wildman–Crippen MR) is 81.2 cm³/mol. The molecule has 0 radical (unpaired) electrons. The standard InChI is InChI=1S/C14H14N4O2S/c1-8(7-9-3-2-6-20-9)18-13(19)12-10(15)11-14(21-12)17-5-4-16-11/h2-6,8H,7,15H2,1H3,(H,18,19). The Morgan fingerprint density at radius 3 is 3.00 bits per heavy atom. The summed E-state index contributed by atoms with van der Waals surface area (Å²) < 4.78 is 5.27. The molecule has 0 aromatic carbocycles. The van der Waals surface area contributed by atoms with E-state index >= 15 is 0 Å². The number of aromatic nitrogens is 2. The van der Waals surface area contributed by atoms with Crippen molar-refractivity contribution in [3.05, 3.63) is 41.4 Å². The van der Waals surface area contributed by atoms with Crippen LogP contribution < -0.4 is 11.1 Å². The van der Waals surface area contributed by atoms with E-state index in [4.69, 9.17) is 10.2 Å². The highest BCUT2D eigenvalue weighted by Gasteiger charge is 2.19. The van der Waals surface area contributed by atoms with Gasteiger partial charge in [-0.25, -0.2) is 9.97 Å². The van der Waals surface area contributed by atoms with Crippen molar-refractivity contribution in [3.8, 4) is 0 Å². The molecule has 108 valence electrons. The fourth-order valence-electron chi connectivity index (χ4n) is 2.08. The van der Waals surface area contributed by atoms with Crippen LogP contribution in [-0.4, -0.2) is 21.9 Å². The summed E-state index contributed by atoms with van der Waals surface area (Å²) in [6.45, 7) is 1.92. The first kappa shape index (κ1) is 13.6. The Balaban J connectivity index is 1.76. The van der Waals surface area contributed by atoms with Gasteiger partial charge in [-0.3, -0.25) is 4.79 Å². The van der Waals surface area contributed by atoms with E-state index in [1.165, 1.54) is 11.3 Å². The number of nitrogens with zero attached hydrogens (tertiary/aromatic N) is 2. The lowest BCUT2D eigenvalue weighted by atomic mass is 10.2. The minimum absolute atomic E-state index is 0.0609. The van der Waals surface area contributed by atoms with Gasteiger partial charge in [-0.2, -0.15) is 0 Å². The molecular formula is C14H14N4O2S. The number of amides is 1. The highest BCUT2D eigenvalue weighted by molar-refractivity contribution is 7.21. The van der Waals surface area contributed by atoms with Gasteiger partial charge >= 0.3 is 0 Å². The number of nitrogens with one attached hydrogen (secondary N) is 1. The van der Waals surface area contributed by atoms with Crippen LogP contribution in [0, 0.1) is 0 Å². The molecule has 3 N–H and O–H groups in total. The summed E-state index contributed by atoms with van der Waals surface area (Å²) in [7, 11) is 0. The van der Waals surface area contributed by atoms with E-state index in [1.807, 2.05) is 19.1 Å². The number of anilines is 1. The van der Waals surface area contributed by atoms with Crippen molar-refractivity contribution >= 4 is 33.3 Å². The molecule has 3 aromatic heterocycles. The average Bonchev–Trinajstić information content (AvgIpc) is 3.07. The Morgan fingerprint density at radius 2 is 2.29 bits per heavy atom. The van der Waals surface area contributed by atoms with Crippen molar-refractivity contribution in [2.24, 2.45) is 0 Å². The van der Waals surface area contributed by atoms with E-state index in [2.05, 4.69) is 15.3 Å². The van der Waals surface area contributed by atoms with Crippen molar-refractivity contribution in [3.63, 3.8) is 0 Å². The van der Waals surface area contributed by atoms with E-state index in [0.29, 0.717) is 27.3 Å². The van der Waals surface area contributed by atoms with Crippen LogP contribution in [0.4, 0.5) is 5.69 Å². The third kappa shape index (κ3) is 2.73. The quantitative estimate of drug-likeness (QED) is 0.770. The summed E-state index contributed by atoms with van der Waals surface area (Å²) in [5.74, 6) is 0.617. The van der Waals surface area contributed by atoms with Gasteiger partial charge in [-0.05, 0) is 19.1 Å². The summed E-state index contributed by atoms with van der Waals surface area (Å²) in [4.78, 5) is 21.7. The lowest BCUT2D eigenvalue weighted by molar-refractivity contribution is 0.0944. The van der Waals surface area contributed by atoms with Crippen molar-refractivity contribution in [2.45, 2.75) is 19.4 Å². The Hall–Kier alpha value is -2.41. The molecule has 3 aromatic rings. The van der Waals surface area contributed by atoms with E-state index < -0.39 is 0 Å². The zero-order chi connectivity index (χ0) is 14.8. The minimum Gasteiger partial charge on any atom is -0.469 e. The van der Waals surface area contributed by atoms with Crippen molar-refractivity contribution in [2.75, 3.05) is 5.73 Å². The van der Waals surface area contributed by atoms with Gasteiger partial charge in [0.2, 0.25) is 0 Å². The van der Waals surface area contributed by atoms with Gasteiger partial charge < -0.3 is 15.5 Å². The number of thiophene rings is 1. The Bertz CT molecular complexity index is 766. The summed E-state index contributed by atoms with van der Waals surface area (Å²) in [5, 5.41) is 2.91. The fraction of sp³-hybridized carbons (Fsp3) is 0.214. The number of hydrogen-bond acceptors (Lipinski definition) is 6. The molecule has 0 bridgehead atoms. The second kappa shape index (κ2) is 5.53. The van der Waals surface area contributed by atoms with Crippen molar-refractivity contribution < 1.29 is 9.21 Å². The number of nitrogens with two attached hydrogens (primary N) is 1. The first-order valence-corrected chi connectivity index (χ1v) is 7.29. The molecule has 0 aliphatic carbocycles. The zero-order valence-electron chi connectivity index (χ0n) is 11.4. The first-order chi connectivity index (χ1) is 10.1. The second-order valence-corrected chi connectivity index (χ2v) is 5.71. The summed E-state index contributed by atoms with van der Waals surface area (Å²) in [6.07, 6.45) is 5.39. The molecule has 3 heterocycles. The molecule has 1 unspecified atom stereocenters. The van der Waals surface area contributed by atoms with E-state index in [0.717, 1.165) is 5.76 Å². The second-order valence-electron chi connectivity index (χ2n) is 4.71. The molecule has 7 heteroatoms. The van der Waals surface area contributed by atoms with Gasteiger partial charge in [-0.15, -0.1) is 11.3 Å². The van der Waals surface area contributed by atoms with Crippen LogP contribution in [0.2, 0.25) is 0 Å². The highest BCUT2D eigenvalue weighted by Crippen LogP contribution is 2.30. The summed E-state index contributed by atoms with van der Waals surface area (Å²) in [6, 6.07) is 3.64. The largest absolute Gasteiger partial charge is 0.469 e. The van der Waals surface area contributed by atoms with Gasteiger partial charge in [-0.1, -0.05) is 0 Å². The van der Waals surface area contributed by atoms with Crippen LogP contribution in [0.5, 0.6) is 0 Å². The Labute approximate surface area is 125 Å². The fourth-order valence-corrected chi connectivity index (χ4v) is 3.01. The van der Waals surface area contributed by atoms with Crippen molar-refractivity contribution in [1.29, 1.82) is 0 Å². The maximum absolute atomic E-state index is 12.3. The number of carbonyl (C=O) groups is 1. The Morgan fingerprint density at radius 1 is 1.48 bits per heavy atom. The minimum atomic E-state index is -0.212. The van der Waals surface area contributed by atoms with Crippen LogP contribution in [0.25, 0.3) is 10.3 Å². The average molecular weight is 302 g/mol. The zero-order valence-corrected chi connectivity index (χ0v) is 12.2. The molecule has 0 saturated heterocycles. The van der Waals surface area contributed by atoms with Crippen LogP contribution in [0.1, 0.15) is 22.4 Å². The van der Waals surface area contributed by atoms with Gasteiger partial charge in [0, 0.05) is 24.9 Å². The molecule has 3 rings (SSSR count). The third-order valence-electron chi connectivity index (χ3n) is 3.03. The van der Waals surface area contributed by atoms with E-state index in [1.54, 1.807) is 18.7 Å². The molecule has 0 fully saturated rings. The van der Waals surface area contributed by atoms with Crippen LogP contribution in [0.3, 0.4) is 0 Å². The maximum Gasteiger partial charge on any atom is 0.263 e. The summed E-state index contributed by atoms with van der Waals surface area (Å²) in [5.41, 5.74) is 6.94. The third-order valence-corrected chi connectivity index (χ3v) is 4.14. The molecule has 0 aliphatic heterocycles. The van der Waals surface area contributed by atoms with Crippen LogP contribution in [-0.2, 0) is 6.42 Å². The lowest BCUT2D eigenvalue weighted by Crippen LogP contribution is -2.33. The van der Waals surface area contributed by atoms with Gasteiger partial charge in [0.25, 0.3) is 5.91 Å². The number of rotatable bonds is 4. The van der Waals surface area contributed by atoms with Crippen LogP contribution >= 0.6 is 11.3 Å². The topological polar surface area (TPSA) is 94.0 Å². The van der Waals surface area contributed by atoms with Crippen LogP contribution in [0.15, 0.2) is 35.2 Å². The first-order valence-electron chi connectivity index (χ1n) is 6.47. The maximum atomic E-state index is 12.3. The number of carbonyl (C=O) groups excluding carboxylic acids is 1. The summed E-state index contributed by atoms with van der Waals surface area (Å²) >= 11 is 1.25. The Kier molecular flexibility index (Phi) is 3.57. The lowest BCUT2D eigenvalue weighted by Gasteiger charge is -2.11. The van der Waals surface area contributed by atoms with Gasteiger partial charge in [0.1, 0.15) is 21.0 Å². The number of fused-ring (bicyclic) bond motifs is 1. The number of nitrogen functional groups attached to an aromatic ring is 1. The van der Waals surface area contributed by atoms with Gasteiger partial charge in [0.05, 0.1) is 12.0 Å². The predicted octanol–water partition coefficient (Wildman–Crippen LogP) is 2.23. The molecule has 6 nitrogen and oxygen atoms in total. The molecule has 1 amide bonds. The number of furan rings is 1. The van der Waals surface area contributed by atoms with Crippen molar-refractivity contribution in [1.82, 2.24) is 15.3 Å². The van der Waals surface area contributed by atoms with E-state index in [9.17, 15) is 4.79 Å². The molecule has 1 atom stereocenters. The van der Waals surface area contributed by atoms with Gasteiger partial charge in [0.15, 0.2) is 0 Å². The highest BCUT2D eigenvalue weighted by atomic mass is 32.1. The molecular weight excluding hydrogens is 288 g/mol. The smallest absolute Gasteiger partial charge is 0.263 e. The number of hydrogen-bond donors (Lipinski definition) is 2. The SMILES string of the molecule is CC(Cc1ccco1)NC(=O)c1sc2nccnc2c1N. The molecule has 0 aliphatic rings. The molecule has 0 spiro atoms. The molecule has 0 saturated carbocycles. The van der Waals surface area contributed by atoms with E-state index in [-0.39, 0.29) is 11.9 Å². The molecule has 21 heavy (non-hydrogen) atoms.